The van der Waals surface area contributed by atoms with Crippen LogP contribution in [0, 0.1) is 11.3 Å². The van der Waals surface area contributed by atoms with E-state index in [-0.39, 0.29) is 17.9 Å². The van der Waals surface area contributed by atoms with Crippen molar-refractivity contribution in [2.45, 2.75) is 12.1 Å². The topological polar surface area (TPSA) is 130 Å². The Morgan fingerprint density at radius 3 is 3.15 bits per heavy atom. The number of rotatable bonds is 4. The number of nitriles is 1. The van der Waals surface area contributed by atoms with E-state index in [0.717, 1.165) is 11.5 Å². The zero-order valence-corrected chi connectivity index (χ0v) is 14.5. The van der Waals surface area contributed by atoms with Crippen LogP contribution in [0.5, 0.6) is 0 Å². The van der Waals surface area contributed by atoms with Crippen molar-refractivity contribution in [2.24, 2.45) is 15.7 Å². The highest BCUT2D eigenvalue weighted by Gasteiger charge is 2.27. The smallest absolute Gasteiger partial charge is 0.148 e. The molecule has 2 atom stereocenters. The first-order chi connectivity index (χ1) is 12.7. The number of aromatic nitrogens is 2. The Balaban J connectivity index is 1.48. The molecular weight excluding hydrogens is 348 g/mol. The molecule has 3 heterocycles. The minimum absolute atomic E-state index is 0.0102. The van der Waals surface area contributed by atoms with Gasteiger partial charge < -0.3 is 16.8 Å². The van der Waals surface area contributed by atoms with Crippen LogP contribution in [0.4, 0.5) is 5.82 Å². The summed E-state index contributed by atoms with van der Waals surface area (Å²) in [6, 6.07) is 4.07. The summed E-state index contributed by atoms with van der Waals surface area (Å²) in [5.41, 5.74) is 14.3. The van der Waals surface area contributed by atoms with Gasteiger partial charge in [0.2, 0.25) is 0 Å². The van der Waals surface area contributed by atoms with Crippen molar-refractivity contribution in [1.82, 2.24) is 14.9 Å². The Bertz CT molecular complexity index is 987. The molecule has 1 aliphatic carbocycles. The van der Waals surface area contributed by atoms with Crippen LogP contribution in [0.2, 0.25) is 0 Å². The van der Waals surface area contributed by atoms with Crippen molar-refractivity contribution in [3.8, 4) is 11.8 Å². The molecule has 130 valence electrons. The highest BCUT2D eigenvalue weighted by Crippen LogP contribution is 2.20. The van der Waals surface area contributed by atoms with Gasteiger partial charge in [0.1, 0.15) is 29.5 Å². The molecule has 0 amide bonds. The van der Waals surface area contributed by atoms with Crippen LogP contribution in [0.15, 0.2) is 56.9 Å². The fraction of sp³-hybridized carbons (Fsp3) is 0.176. The predicted octanol–water partition coefficient (Wildman–Crippen LogP) is 0.980. The monoisotopic (exact) mass is 364 g/mol. The van der Waals surface area contributed by atoms with Crippen LogP contribution in [0.1, 0.15) is 5.69 Å². The Morgan fingerprint density at radius 2 is 2.38 bits per heavy atom. The Hall–Kier alpha value is -3.38. The van der Waals surface area contributed by atoms with E-state index in [2.05, 4.69) is 26.4 Å². The number of aliphatic imine (C=N–C) groups is 2. The predicted molar refractivity (Wildman–Crippen MR) is 102 cm³/mol. The van der Waals surface area contributed by atoms with Crippen LogP contribution in [0.3, 0.4) is 0 Å². The Kier molecular flexibility index (Phi) is 4.02. The summed E-state index contributed by atoms with van der Waals surface area (Å²) in [5, 5.41) is 16.2. The largest absolute Gasteiger partial charge is 0.383 e. The normalized spacial score (nSPS) is 21.6. The second-order valence-electron chi connectivity index (χ2n) is 5.86. The van der Waals surface area contributed by atoms with Crippen LogP contribution in [-0.4, -0.2) is 39.9 Å². The quantitative estimate of drug-likeness (QED) is 0.550. The van der Waals surface area contributed by atoms with E-state index in [0.29, 0.717) is 23.6 Å². The van der Waals surface area contributed by atoms with Gasteiger partial charge in [-0.2, -0.15) is 16.6 Å². The van der Waals surface area contributed by atoms with Gasteiger partial charge in [0.05, 0.1) is 30.4 Å². The minimum Gasteiger partial charge on any atom is -0.383 e. The van der Waals surface area contributed by atoms with E-state index in [1.807, 2.05) is 29.0 Å². The lowest BCUT2D eigenvalue weighted by atomic mass is 10.0. The number of fused-ring (bicyclic) bond motifs is 1. The van der Waals surface area contributed by atoms with Crippen molar-refractivity contribution in [3.05, 3.63) is 52.6 Å². The molecule has 9 heteroatoms. The third-order valence-electron chi connectivity index (χ3n) is 4.20. The molecule has 8 nitrogen and oxygen atoms in total. The zero-order chi connectivity index (χ0) is 18.1. The molecule has 5 N–H and O–H groups in total. The molecule has 0 spiro atoms. The maximum atomic E-state index is 8.98. The number of nitrogens with one attached hydrogen (secondary N) is 1. The first-order valence-electron chi connectivity index (χ1n) is 7.94. The van der Waals surface area contributed by atoms with E-state index < -0.39 is 0 Å². The van der Waals surface area contributed by atoms with Crippen molar-refractivity contribution in [3.63, 3.8) is 0 Å². The number of imidazole rings is 1. The third-order valence-corrected chi connectivity index (χ3v) is 4.87. The lowest BCUT2D eigenvalue weighted by Crippen LogP contribution is -2.34. The molecule has 0 fully saturated rings. The highest BCUT2D eigenvalue weighted by molar-refractivity contribution is 7.08. The molecule has 2 unspecified atom stereocenters. The zero-order valence-electron chi connectivity index (χ0n) is 13.7. The maximum absolute atomic E-state index is 8.98. The number of allylic oxidation sites excluding steroid dienone is 2. The first-order valence-corrected chi connectivity index (χ1v) is 8.89. The molecule has 0 radical (unpaired) electrons. The average molecular weight is 364 g/mol. The molecule has 0 saturated heterocycles. The van der Waals surface area contributed by atoms with Gasteiger partial charge >= 0.3 is 0 Å². The third kappa shape index (κ3) is 2.87. The van der Waals surface area contributed by atoms with Crippen LogP contribution < -0.4 is 16.8 Å². The molecule has 4 rings (SSSR count). The Labute approximate surface area is 153 Å². The lowest BCUT2D eigenvalue weighted by molar-refractivity contribution is 0.691. The van der Waals surface area contributed by atoms with E-state index in [9.17, 15) is 0 Å². The van der Waals surface area contributed by atoms with E-state index in [4.69, 9.17) is 16.7 Å². The molecule has 2 aliphatic rings. The summed E-state index contributed by atoms with van der Waals surface area (Å²) in [6.45, 7) is 0.299. The number of nitrogens with two attached hydrogens (primary N) is 2. The SMILES string of the molecule is N#CC1=CC2NC(CN=C(N)c3ncn(-c4ccsc4)c3N)=NC2C=C1. The number of thiophene rings is 1. The molecule has 1 aliphatic heterocycles. The number of nitrogens with zero attached hydrogens (tertiary/aromatic N) is 5. The van der Waals surface area contributed by atoms with Crippen molar-refractivity contribution < 1.29 is 0 Å². The number of nitrogen functional groups attached to an aromatic ring is 1. The highest BCUT2D eigenvalue weighted by atomic mass is 32.1. The standard InChI is InChI=1S/C17H16N8S/c18-6-10-1-2-12-13(5-10)24-14(23-12)7-21-16(19)15-17(20)25(9-22-15)11-3-4-26-8-11/h1-5,8-9,12-13H,7,20H2,(H2,19,21)(H,23,24). The van der Waals surface area contributed by atoms with Crippen molar-refractivity contribution in [1.29, 1.82) is 5.26 Å². The number of hydrogen-bond donors (Lipinski definition) is 3. The van der Waals surface area contributed by atoms with Gasteiger partial charge in [-0.1, -0.05) is 6.08 Å². The molecule has 2 aromatic heterocycles. The van der Waals surface area contributed by atoms with Crippen molar-refractivity contribution >= 4 is 28.8 Å². The van der Waals surface area contributed by atoms with Crippen molar-refractivity contribution in [2.75, 3.05) is 12.3 Å². The number of anilines is 1. The van der Waals surface area contributed by atoms with Gasteiger partial charge in [0, 0.05) is 11.0 Å². The van der Waals surface area contributed by atoms with Gasteiger partial charge in [-0.15, -0.1) is 0 Å². The van der Waals surface area contributed by atoms with Gasteiger partial charge in [-0.05, 0) is 23.6 Å². The summed E-state index contributed by atoms with van der Waals surface area (Å²) < 4.78 is 1.77. The van der Waals surface area contributed by atoms with E-state index in [1.165, 1.54) is 0 Å². The second kappa shape index (κ2) is 6.50. The van der Waals surface area contributed by atoms with Gasteiger partial charge in [0.25, 0.3) is 0 Å². The molecule has 26 heavy (non-hydrogen) atoms. The minimum atomic E-state index is -0.0126. The number of amidine groups is 2. The van der Waals surface area contributed by atoms with E-state index >= 15 is 0 Å². The summed E-state index contributed by atoms with van der Waals surface area (Å²) >= 11 is 1.58. The summed E-state index contributed by atoms with van der Waals surface area (Å²) in [4.78, 5) is 13.2. The average Bonchev–Trinajstić information content (AvgIpc) is 3.37. The maximum Gasteiger partial charge on any atom is 0.148 e. The molecule has 0 bridgehead atoms. The summed E-state index contributed by atoms with van der Waals surface area (Å²) in [5.74, 6) is 1.43. The fourth-order valence-corrected chi connectivity index (χ4v) is 3.51. The molecule has 0 saturated carbocycles. The van der Waals surface area contributed by atoms with E-state index in [1.54, 1.807) is 28.3 Å². The fourth-order valence-electron chi connectivity index (χ4n) is 2.88. The van der Waals surface area contributed by atoms with Crippen LogP contribution in [0.25, 0.3) is 5.69 Å². The van der Waals surface area contributed by atoms with Crippen LogP contribution in [-0.2, 0) is 0 Å². The first kappa shape index (κ1) is 16.1. The molecular formula is C17H16N8S. The van der Waals surface area contributed by atoms with Gasteiger partial charge in [-0.3, -0.25) is 14.6 Å². The molecule has 0 aromatic carbocycles. The Morgan fingerprint density at radius 1 is 1.50 bits per heavy atom. The summed E-state index contributed by atoms with van der Waals surface area (Å²) in [7, 11) is 0. The molecule has 2 aromatic rings. The summed E-state index contributed by atoms with van der Waals surface area (Å²) in [6.07, 6.45) is 7.20. The second-order valence-corrected chi connectivity index (χ2v) is 6.64. The lowest BCUT2D eigenvalue weighted by Gasteiger charge is -2.15. The van der Waals surface area contributed by atoms with Crippen LogP contribution >= 0.6 is 11.3 Å². The van der Waals surface area contributed by atoms with Gasteiger partial charge in [0.15, 0.2) is 0 Å². The number of hydrogen-bond acceptors (Lipinski definition) is 7. The van der Waals surface area contributed by atoms with Gasteiger partial charge in [-0.25, -0.2) is 4.98 Å².